The van der Waals surface area contributed by atoms with E-state index in [1.165, 1.54) is 0 Å². The molecule has 0 aliphatic carbocycles. The predicted octanol–water partition coefficient (Wildman–Crippen LogP) is 2.43. The largest absolute Gasteiger partial charge is 0.317 e. The summed E-state index contributed by atoms with van der Waals surface area (Å²) >= 11 is 3.20. The van der Waals surface area contributed by atoms with Crippen LogP contribution in [0.25, 0.3) is 0 Å². The number of piperidine rings is 1. The van der Waals surface area contributed by atoms with Gasteiger partial charge in [-0.1, -0.05) is 12.1 Å². The molecule has 0 atom stereocenters. The van der Waals surface area contributed by atoms with Crippen molar-refractivity contribution < 1.29 is 4.39 Å². The maximum Gasteiger partial charge on any atom is 0.141 e. The van der Waals surface area contributed by atoms with Gasteiger partial charge >= 0.3 is 0 Å². The van der Waals surface area contributed by atoms with Crippen LogP contribution in [0.15, 0.2) is 22.7 Å². The Morgan fingerprint density at radius 1 is 1.38 bits per heavy atom. The van der Waals surface area contributed by atoms with Gasteiger partial charge in [-0.05, 0) is 47.9 Å². The van der Waals surface area contributed by atoms with Gasteiger partial charge in [-0.15, -0.1) is 0 Å². The van der Waals surface area contributed by atoms with Crippen LogP contribution < -0.4 is 10.6 Å². The van der Waals surface area contributed by atoms with Crippen LogP contribution >= 0.6 is 15.9 Å². The zero-order chi connectivity index (χ0) is 11.4. The van der Waals surface area contributed by atoms with E-state index in [9.17, 15) is 4.39 Å². The molecule has 1 saturated heterocycles. The first-order valence-electron chi connectivity index (χ1n) is 5.64. The second-order valence-electron chi connectivity index (χ2n) is 4.12. The quantitative estimate of drug-likeness (QED) is 0.892. The molecular weight excluding hydrogens is 271 g/mol. The first-order chi connectivity index (χ1) is 7.77. The van der Waals surface area contributed by atoms with Crippen LogP contribution in [0.1, 0.15) is 18.4 Å². The summed E-state index contributed by atoms with van der Waals surface area (Å²) in [6.07, 6.45) is 2.24. The minimum Gasteiger partial charge on any atom is -0.317 e. The molecule has 0 unspecified atom stereocenters. The molecule has 4 heteroatoms. The van der Waals surface area contributed by atoms with Crippen LogP contribution in [0.3, 0.4) is 0 Å². The smallest absolute Gasteiger partial charge is 0.141 e. The maximum atomic E-state index is 13.7. The fourth-order valence-electron chi connectivity index (χ4n) is 1.97. The molecule has 0 bridgehead atoms. The molecule has 2 N–H and O–H groups in total. The number of hydrogen-bond acceptors (Lipinski definition) is 2. The van der Waals surface area contributed by atoms with Crippen molar-refractivity contribution in [3.8, 4) is 0 Å². The lowest BCUT2D eigenvalue weighted by Crippen LogP contribution is -2.39. The van der Waals surface area contributed by atoms with E-state index in [1.807, 2.05) is 12.1 Å². The van der Waals surface area contributed by atoms with Crippen LogP contribution in [0.4, 0.5) is 4.39 Å². The summed E-state index contributed by atoms with van der Waals surface area (Å²) in [5, 5.41) is 6.72. The molecule has 0 saturated carbocycles. The number of halogens is 2. The van der Waals surface area contributed by atoms with Crippen molar-refractivity contribution in [2.24, 2.45) is 0 Å². The molecule has 1 aliphatic rings. The molecular formula is C12H16BrFN2. The number of hydrogen-bond donors (Lipinski definition) is 2. The van der Waals surface area contributed by atoms with Crippen molar-refractivity contribution in [2.45, 2.75) is 25.4 Å². The van der Waals surface area contributed by atoms with Crippen molar-refractivity contribution in [2.75, 3.05) is 13.1 Å². The van der Waals surface area contributed by atoms with Gasteiger partial charge in [0.1, 0.15) is 5.82 Å². The topological polar surface area (TPSA) is 24.1 Å². The first kappa shape index (κ1) is 12.0. The highest BCUT2D eigenvalue weighted by Crippen LogP contribution is 2.18. The van der Waals surface area contributed by atoms with Crippen molar-refractivity contribution >= 4 is 15.9 Å². The van der Waals surface area contributed by atoms with Gasteiger partial charge in [0, 0.05) is 18.2 Å². The molecule has 1 aromatic rings. The summed E-state index contributed by atoms with van der Waals surface area (Å²) in [6, 6.07) is 5.93. The maximum absolute atomic E-state index is 13.7. The van der Waals surface area contributed by atoms with Crippen LogP contribution in [0, 0.1) is 5.82 Å². The molecule has 0 spiro atoms. The Kier molecular flexibility index (Phi) is 4.32. The lowest BCUT2D eigenvalue weighted by atomic mass is 10.1. The predicted molar refractivity (Wildman–Crippen MR) is 66.8 cm³/mol. The van der Waals surface area contributed by atoms with Gasteiger partial charge in [0.15, 0.2) is 0 Å². The SMILES string of the molecule is Fc1c(Br)cccc1CNC1CCNCC1. The van der Waals surface area contributed by atoms with Gasteiger partial charge < -0.3 is 10.6 Å². The van der Waals surface area contributed by atoms with E-state index in [-0.39, 0.29) is 5.82 Å². The van der Waals surface area contributed by atoms with Crippen LogP contribution in [-0.4, -0.2) is 19.1 Å². The average Bonchev–Trinajstić information content (AvgIpc) is 2.32. The van der Waals surface area contributed by atoms with E-state index in [1.54, 1.807) is 6.07 Å². The molecule has 0 radical (unpaired) electrons. The van der Waals surface area contributed by atoms with E-state index in [0.29, 0.717) is 17.1 Å². The van der Waals surface area contributed by atoms with Crippen LogP contribution in [0.2, 0.25) is 0 Å². The summed E-state index contributed by atoms with van der Waals surface area (Å²) in [4.78, 5) is 0. The first-order valence-corrected chi connectivity index (χ1v) is 6.43. The van der Waals surface area contributed by atoms with E-state index in [0.717, 1.165) is 31.5 Å². The lowest BCUT2D eigenvalue weighted by molar-refractivity contribution is 0.383. The summed E-state index contributed by atoms with van der Waals surface area (Å²) in [5.74, 6) is -0.149. The van der Waals surface area contributed by atoms with Gasteiger partial charge in [-0.2, -0.15) is 0 Å². The fourth-order valence-corrected chi connectivity index (χ4v) is 2.37. The van der Waals surface area contributed by atoms with Gasteiger partial charge in [0.25, 0.3) is 0 Å². The van der Waals surface area contributed by atoms with Gasteiger partial charge in [-0.25, -0.2) is 4.39 Å². The van der Waals surface area contributed by atoms with Gasteiger partial charge in [0.2, 0.25) is 0 Å². The Balaban J connectivity index is 1.91. The molecule has 0 amide bonds. The summed E-state index contributed by atoms with van der Waals surface area (Å²) in [5.41, 5.74) is 0.730. The summed E-state index contributed by atoms with van der Waals surface area (Å²) < 4.78 is 14.2. The van der Waals surface area contributed by atoms with E-state index in [4.69, 9.17) is 0 Å². The Morgan fingerprint density at radius 3 is 2.88 bits per heavy atom. The molecule has 1 heterocycles. The van der Waals surface area contributed by atoms with Gasteiger partial charge in [-0.3, -0.25) is 0 Å². The van der Waals surface area contributed by atoms with Gasteiger partial charge in [0.05, 0.1) is 4.47 Å². The number of rotatable bonds is 3. The van der Waals surface area contributed by atoms with Crippen molar-refractivity contribution in [3.63, 3.8) is 0 Å². The minimum absolute atomic E-state index is 0.149. The van der Waals surface area contributed by atoms with E-state index < -0.39 is 0 Å². The Morgan fingerprint density at radius 2 is 2.12 bits per heavy atom. The highest BCUT2D eigenvalue weighted by molar-refractivity contribution is 9.10. The zero-order valence-electron chi connectivity index (χ0n) is 9.10. The molecule has 1 aliphatic heterocycles. The highest BCUT2D eigenvalue weighted by Gasteiger charge is 2.13. The number of benzene rings is 1. The second kappa shape index (κ2) is 5.75. The monoisotopic (exact) mass is 286 g/mol. The second-order valence-corrected chi connectivity index (χ2v) is 4.97. The number of nitrogens with one attached hydrogen (secondary N) is 2. The fraction of sp³-hybridized carbons (Fsp3) is 0.500. The van der Waals surface area contributed by atoms with Crippen molar-refractivity contribution in [1.29, 1.82) is 0 Å². The normalized spacial score (nSPS) is 17.6. The standard InChI is InChI=1S/C12H16BrFN2/c13-11-3-1-2-9(12(11)14)8-16-10-4-6-15-7-5-10/h1-3,10,15-16H,4-8H2. The summed E-state index contributed by atoms with van der Waals surface area (Å²) in [6.45, 7) is 2.72. The third-order valence-corrected chi connectivity index (χ3v) is 3.56. The Labute approximate surface area is 104 Å². The van der Waals surface area contributed by atoms with Crippen molar-refractivity contribution in [1.82, 2.24) is 10.6 Å². The molecule has 2 rings (SSSR count). The average molecular weight is 287 g/mol. The molecule has 2 nitrogen and oxygen atoms in total. The third kappa shape index (κ3) is 3.03. The van der Waals surface area contributed by atoms with Crippen LogP contribution in [-0.2, 0) is 6.54 Å². The molecule has 88 valence electrons. The molecule has 1 aromatic carbocycles. The zero-order valence-corrected chi connectivity index (χ0v) is 10.7. The van der Waals surface area contributed by atoms with Crippen LogP contribution in [0.5, 0.6) is 0 Å². The molecule has 0 aromatic heterocycles. The Hall–Kier alpha value is -0.450. The third-order valence-electron chi connectivity index (χ3n) is 2.95. The molecule has 1 fully saturated rings. The lowest BCUT2D eigenvalue weighted by Gasteiger charge is -2.23. The Bertz CT molecular complexity index is 351. The van der Waals surface area contributed by atoms with E-state index in [2.05, 4.69) is 26.6 Å². The highest BCUT2D eigenvalue weighted by atomic mass is 79.9. The van der Waals surface area contributed by atoms with Crippen molar-refractivity contribution in [3.05, 3.63) is 34.1 Å². The minimum atomic E-state index is -0.149. The molecule has 16 heavy (non-hydrogen) atoms. The van der Waals surface area contributed by atoms with E-state index >= 15 is 0 Å². The summed E-state index contributed by atoms with van der Waals surface area (Å²) in [7, 11) is 0.